The first-order chi connectivity index (χ1) is 5.68. The van der Waals surface area contributed by atoms with Gasteiger partial charge in [0, 0.05) is 24.2 Å². The van der Waals surface area contributed by atoms with Crippen molar-refractivity contribution in [2.45, 2.75) is 12.8 Å². The van der Waals surface area contributed by atoms with E-state index >= 15 is 0 Å². The second kappa shape index (κ2) is 2.63. The van der Waals surface area contributed by atoms with E-state index in [1.54, 1.807) is 4.90 Å². The highest BCUT2D eigenvalue weighted by Gasteiger charge is 2.28. The molecule has 0 radical (unpaired) electrons. The first-order valence-electron chi connectivity index (χ1n) is 4.02. The highest BCUT2D eigenvalue weighted by atomic mass is 35.5. The number of halogens is 1. The fourth-order valence-corrected chi connectivity index (χ4v) is 1.88. The SMILES string of the molecule is CN1CC2=C(C=C(Cl)CC2)C1=O. The Labute approximate surface area is 76.5 Å². The number of allylic oxidation sites excluding steroid dienone is 1. The fraction of sp³-hybridized carbons (Fsp3) is 0.444. The van der Waals surface area contributed by atoms with E-state index in [1.165, 1.54) is 5.57 Å². The molecule has 1 aliphatic carbocycles. The van der Waals surface area contributed by atoms with Crippen molar-refractivity contribution < 1.29 is 4.79 Å². The summed E-state index contributed by atoms with van der Waals surface area (Å²) in [5.74, 6) is 0.114. The summed E-state index contributed by atoms with van der Waals surface area (Å²) in [4.78, 5) is 13.2. The van der Waals surface area contributed by atoms with Crippen molar-refractivity contribution in [1.82, 2.24) is 4.90 Å². The highest BCUT2D eigenvalue weighted by molar-refractivity contribution is 6.30. The van der Waals surface area contributed by atoms with Crippen LogP contribution in [0.5, 0.6) is 0 Å². The molecule has 2 rings (SSSR count). The molecule has 0 atom stereocenters. The molecule has 0 fully saturated rings. The largest absolute Gasteiger partial charge is 0.338 e. The molecule has 64 valence electrons. The predicted molar refractivity (Wildman–Crippen MR) is 47.8 cm³/mol. The third-order valence-corrected chi connectivity index (χ3v) is 2.65. The summed E-state index contributed by atoms with van der Waals surface area (Å²) in [5, 5.41) is 0.803. The summed E-state index contributed by atoms with van der Waals surface area (Å²) in [6.45, 7) is 0.787. The lowest BCUT2D eigenvalue weighted by atomic mass is 10.00. The summed E-state index contributed by atoms with van der Waals surface area (Å²) in [6.07, 6.45) is 3.65. The Balaban J connectivity index is 2.37. The van der Waals surface area contributed by atoms with Crippen molar-refractivity contribution in [3.63, 3.8) is 0 Å². The molecule has 0 N–H and O–H groups in total. The molecule has 0 saturated carbocycles. The smallest absolute Gasteiger partial charge is 0.253 e. The molecule has 2 nitrogen and oxygen atoms in total. The van der Waals surface area contributed by atoms with E-state index in [9.17, 15) is 4.79 Å². The molecular weight excluding hydrogens is 174 g/mol. The zero-order chi connectivity index (χ0) is 8.72. The molecule has 0 saturated heterocycles. The van der Waals surface area contributed by atoms with Gasteiger partial charge in [-0.1, -0.05) is 11.6 Å². The van der Waals surface area contributed by atoms with Gasteiger partial charge in [0.1, 0.15) is 0 Å². The molecule has 0 aromatic carbocycles. The molecular formula is C9H10ClNO. The first-order valence-corrected chi connectivity index (χ1v) is 4.40. The fourth-order valence-electron chi connectivity index (χ4n) is 1.68. The van der Waals surface area contributed by atoms with Crippen LogP contribution in [0.2, 0.25) is 0 Å². The van der Waals surface area contributed by atoms with Gasteiger partial charge in [0.25, 0.3) is 5.91 Å². The number of hydrogen-bond acceptors (Lipinski definition) is 1. The minimum Gasteiger partial charge on any atom is -0.338 e. The van der Waals surface area contributed by atoms with Gasteiger partial charge in [-0.3, -0.25) is 4.79 Å². The molecule has 0 aromatic rings. The number of likely N-dealkylation sites (N-methyl/N-ethyl adjacent to an activating group) is 1. The van der Waals surface area contributed by atoms with E-state index in [4.69, 9.17) is 11.6 Å². The van der Waals surface area contributed by atoms with Crippen molar-refractivity contribution in [1.29, 1.82) is 0 Å². The van der Waals surface area contributed by atoms with Gasteiger partial charge in [0.15, 0.2) is 0 Å². The van der Waals surface area contributed by atoms with Crippen LogP contribution in [0.15, 0.2) is 22.3 Å². The molecule has 0 bridgehead atoms. The average Bonchev–Trinajstić information content (AvgIpc) is 2.31. The Morgan fingerprint density at radius 1 is 1.50 bits per heavy atom. The molecule has 3 heteroatoms. The predicted octanol–water partition coefficient (Wildman–Crippen LogP) is 1.67. The van der Waals surface area contributed by atoms with E-state index in [2.05, 4.69) is 0 Å². The molecule has 1 amide bonds. The molecule has 1 heterocycles. The Morgan fingerprint density at radius 3 is 3.00 bits per heavy atom. The van der Waals surface area contributed by atoms with Gasteiger partial charge >= 0.3 is 0 Å². The normalized spacial score (nSPS) is 23.0. The molecule has 12 heavy (non-hydrogen) atoms. The third-order valence-electron chi connectivity index (χ3n) is 2.35. The second-order valence-electron chi connectivity index (χ2n) is 3.27. The van der Waals surface area contributed by atoms with Crippen LogP contribution in [0.3, 0.4) is 0 Å². The van der Waals surface area contributed by atoms with Crippen LogP contribution in [0.25, 0.3) is 0 Å². The lowest BCUT2D eigenvalue weighted by molar-refractivity contribution is -0.124. The number of nitrogens with zero attached hydrogens (tertiary/aromatic N) is 1. The van der Waals surface area contributed by atoms with Gasteiger partial charge < -0.3 is 4.90 Å². The zero-order valence-corrected chi connectivity index (χ0v) is 7.69. The van der Waals surface area contributed by atoms with Gasteiger partial charge in [0.2, 0.25) is 0 Å². The summed E-state index contributed by atoms with van der Waals surface area (Å²) in [5.41, 5.74) is 2.07. The van der Waals surface area contributed by atoms with Crippen LogP contribution in [-0.2, 0) is 4.79 Å². The summed E-state index contributed by atoms with van der Waals surface area (Å²) >= 11 is 5.85. The van der Waals surface area contributed by atoms with Crippen molar-refractivity contribution >= 4 is 17.5 Å². The van der Waals surface area contributed by atoms with E-state index in [-0.39, 0.29) is 5.91 Å². The van der Waals surface area contributed by atoms with Gasteiger partial charge in [-0.15, -0.1) is 0 Å². The zero-order valence-electron chi connectivity index (χ0n) is 6.93. The second-order valence-corrected chi connectivity index (χ2v) is 3.76. The quantitative estimate of drug-likeness (QED) is 0.560. The maximum absolute atomic E-state index is 11.4. The van der Waals surface area contributed by atoms with E-state index in [0.717, 1.165) is 30.0 Å². The minimum atomic E-state index is 0.114. The molecule has 0 aromatic heterocycles. The minimum absolute atomic E-state index is 0.114. The van der Waals surface area contributed by atoms with Gasteiger partial charge in [-0.05, 0) is 24.5 Å². The topological polar surface area (TPSA) is 20.3 Å². The molecule has 0 spiro atoms. The molecule has 2 aliphatic rings. The van der Waals surface area contributed by atoms with E-state index < -0.39 is 0 Å². The molecule has 1 aliphatic heterocycles. The number of carbonyl (C=O) groups is 1. The Kier molecular flexibility index (Phi) is 1.72. The average molecular weight is 184 g/mol. The van der Waals surface area contributed by atoms with Crippen LogP contribution in [0.1, 0.15) is 12.8 Å². The number of rotatable bonds is 0. The lowest BCUT2D eigenvalue weighted by Crippen LogP contribution is -2.21. The van der Waals surface area contributed by atoms with Gasteiger partial charge in [-0.2, -0.15) is 0 Å². The summed E-state index contributed by atoms with van der Waals surface area (Å²) < 4.78 is 0. The maximum Gasteiger partial charge on any atom is 0.253 e. The van der Waals surface area contributed by atoms with Crippen LogP contribution >= 0.6 is 11.6 Å². The Hall–Kier alpha value is -0.760. The number of hydrogen-bond donors (Lipinski definition) is 0. The lowest BCUT2D eigenvalue weighted by Gasteiger charge is -2.07. The molecule has 0 unspecified atom stereocenters. The van der Waals surface area contributed by atoms with Crippen LogP contribution in [-0.4, -0.2) is 24.4 Å². The monoisotopic (exact) mass is 183 g/mol. The first kappa shape index (κ1) is 7.87. The number of amides is 1. The van der Waals surface area contributed by atoms with Crippen LogP contribution < -0.4 is 0 Å². The van der Waals surface area contributed by atoms with Crippen molar-refractivity contribution in [3.8, 4) is 0 Å². The maximum atomic E-state index is 11.4. The van der Waals surface area contributed by atoms with Crippen molar-refractivity contribution in [2.24, 2.45) is 0 Å². The number of carbonyl (C=O) groups excluding carboxylic acids is 1. The standard InChI is InChI=1S/C9H10ClNO/c1-11-5-6-2-3-7(10)4-8(6)9(11)12/h4H,2-3,5H2,1H3. The van der Waals surface area contributed by atoms with Crippen LogP contribution in [0.4, 0.5) is 0 Å². The third kappa shape index (κ3) is 1.07. The highest BCUT2D eigenvalue weighted by Crippen LogP contribution is 2.31. The Morgan fingerprint density at radius 2 is 2.25 bits per heavy atom. The van der Waals surface area contributed by atoms with E-state index in [1.807, 2.05) is 13.1 Å². The van der Waals surface area contributed by atoms with Gasteiger partial charge in [0.05, 0.1) is 0 Å². The summed E-state index contributed by atoms with van der Waals surface area (Å²) in [7, 11) is 1.82. The van der Waals surface area contributed by atoms with Gasteiger partial charge in [-0.25, -0.2) is 0 Å². The van der Waals surface area contributed by atoms with E-state index in [0.29, 0.717) is 0 Å². The Bertz CT molecular complexity index is 304. The van der Waals surface area contributed by atoms with Crippen LogP contribution in [0, 0.1) is 0 Å². The summed E-state index contributed by atoms with van der Waals surface area (Å²) in [6, 6.07) is 0. The van der Waals surface area contributed by atoms with Crippen molar-refractivity contribution in [2.75, 3.05) is 13.6 Å². The van der Waals surface area contributed by atoms with Crippen molar-refractivity contribution in [3.05, 3.63) is 22.3 Å².